The molecule has 0 unspecified atom stereocenters. The molecule has 0 saturated heterocycles. The molecule has 1 aliphatic carbocycles. The third-order valence-corrected chi connectivity index (χ3v) is 4.89. The number of pyridine rings is 2. The molecular formula is C21H15F3N6O. The van der Waals surface area contributed by atoms with Crippen LogP contribution < -0.4 is 5.32 Å². The molecule has 5 rings (SSSR count). The molecule has 156 valence electrons. The highest BCUT2D eigenvalue weighted by Gasteiger charge is 2.33. The molecule has 1 fully saturated rings. The number of nitrogens with one attached hydrogen (secondary N) is 1. The van der Waals surface area contributed by atoms with Gasteiger partial charge in [0.1, 0.15) is 11.3 Å². The second-order valence-electron chi connectivity index (χ2n) is 7.19. The molecule has 10 heteroatoms. The minimum absolute atomic E-state index is 0.0762. The third kappa shape index (κ3) is 3.72. The Labute approximate surface area is 174 Å². The number of fused-ring (bicyclic) bond motifs is 1. The molecule has 4 aromatic heterocycles. The summed E-state index contributed by atoms with van der Waals surface area (Å²) in [6.07, 6.45) is 1.90. The van der Waals surface area contributed by atoms with E-state index >= 15 is 0 Å². The van der Waals surface area contributed by atoms with Gasteiger partial charge in [0, 0.05) is 24.0 Å². The number of aromatic nitrogens is 5. The Balaban J connectivity index is 1.59. The standard InChI is InChI=1S/C21H15F3N6O/c22-21(23,24)17-5-1-4-16(28-17)18-13(3-2-9-25-18)15-8-10-30-19(29-15)14(11-26-30)20(31)27-12-6-7-12/h1-5,8-12H,6-7H2,(H,27,31). The second kappa shape index (κ2) is 7.15. The maximum atomic E-state index is 13.1. The van der Waals surface area contributed by atoms with Crippen LogP contribution in [0.2, 0.25) is 0 Å². The summed E-state index contributed by atoms with van der Waals surface area (Å²) in [6.45, 7) is 0. The average molecular weight is 424 g/mol. The van der Waals surface area contributed by atoms with Crippen molar-refractivity contribution in [2.45, 2.75) is 25.1 Å². The van der Waals surface area contributed by atoms with Gasteiger partial charge in [0.15, 0.2) is 5.65 Å². The SMILES string of the molecule is O=C(NC1CC1)c1cnn2ccc(-c3cccnc3-c3cccc(C(F)(F)F)n3)nc12. The van der Waals surface area contributed by atoms with E-state index in [-0.39, 0.29) is 23.3 Å². The summed E-state index contributed by atoms with van der Waals surface area (Å²) in [6, 6.07) is 8.87. The van der Waals surface area contributed by atoms with E-state index in [0.29, 0.717) is 22.5 Å². The van der Waals surface area contributed by atoms with Crippen LogP contribution in [0.3, 0.4) is 0 Å². The van der Waals surface area contributed by atoms with Gasteiger partial charge < -0.3 is 5.32 Å². The molecular weight excluding hydrogens is 409 g/mol. The lowest BCUT2D eigenvalue weighted by atomic mass is 10.1. The monoisotopic (exact) mass is 424 g/mol. The van der Waals surface area contributed by atoms with Gasteiger partial charge in [-0.2, -0.15) is 18.3 Å². The normalized spacial score (nSPS) is 14.0. The molecule has 1 aliphatic rings. The Morgan fingerprint density at radius 2 is 1.90 bits per heavy atom. The van der Waals surface area contributed by atoms with Crippen LogP contribution in [0, 0.1) is 0 Å². The van der Waals surface area contributed by atoms with Crippen LogP contribution in [0.25, 0.3) is 28.3 Å². The van der Waals surface area contributed by atoms with E-state index < -0.39 is 11.9 Å². The highest BCUT2D eigenvalue weighted by Crippen LogP contribution is 2.32. The quantitative estimate of drug-likeness (QED) is 0.539. The van der Waals surface area contributed by atoms with Crippen LogP contribution in [-0.2, 0) is 6.18 Å². The fourth-order valence-electron chi connectivity index (χ4n) is 3.21. The van der Waals surface area contributed by atoms with Gasteiger partial charge in [-0.25, -0.2) is 14.5 Å². The topological polar surface area (TPSA) is 85.1 Å². The third-order valence-electron chi connectivity index (χ3n) is 4.89. The van der Waals surface area contributed by atoms with Gasteiger partial charge >= 0.3 is 6.18 Å². The van der Waals surface area contributed by atoms with Crippen molar-refractivity contribution in [1.82, 2.24) is 29.9 Å². The van der Waals surface area contributed by atoms with Crippen molar-refractivity contribution >= 4 is 11.6 Å². The Kier molecular flexibility index (Phi) is 4.42. The molecule has 4 heterocycles. The molecule has 1 saturated carbocycles. The zero-order chi connectivity index (χ0) is 21.6. The molecule has 1 amide bonds. The van der Waals surface area contributed by atoms with Crippen molar-refractivity contribution in [3.8, 4) is 22.6 Å². The molecule has 0 spiro atoms. The number of nitrogens with zero attached hydrogens (tertiary/aromatic N) is 5. The van der Waals surface area contributed by atoms with E-state index in [2.05, 4.69) is 25.4 Å². The molecule has 0 aromatic carbocycles. The summed E-state index contributed by atoms with van der Waals surface area (Å²) in [5.74, 6) is -0.256. The lowest BCUT2D eigenvalue weighted by Crippen LogP contribution is -2.25. The van der Waals surface area contributed by atoms with Crippen molar-refractivity contribution in [2.75, 3.05) is 0 Å². The Morgan fingerprint density at radius 3 is 2.68 bits per heavy atom. The lowest BCUT2D eigenvalue weighted by Gasteiger charge is -2.11. The second-order valence-corrected chi connectivity index (χ2v) is 7.19. The minimum atomic E-state index is -4.57. The van der Waals surface area contributed by atoms with Crippen molar-refractivity contribution in [3.63, 3.8) is 0 Å². The van der Waals surface area contributed by atoms with Crippen molar-refractivity contribution in [3.05, 3.63) is 66.2 Å². The van der Waals surface area contributed by atoms with Gasteiger partial charge in [0.2, 0.25) is 0 Å². The Bertz CT molecular complexity index is 1300. The summed E-state index contributed by atoms with van der Waals surface area (Å²) in [5, 5.41) is 7.07. The number of hydrogen-bond acceptors (Lipinski definition) is 5. The maximum Gasteiger partial charge on any atom is 0.433 e. The Hall–Kier alpha value is -3.82. The van der Waals surface area contributed by atoms with Gasteiger partial charge in [-0.1, -0.05) is 6.07 Å². The lowest BCUT2D eigenvalue weighted by molar-refractivity contribution is -0.141. The number of halogens is 3. The van der Waals surface area contributed by atoms with Gasteiger partial charge in [-0.05, 0) is 43.2 Å². The van der Waals surface area contributed by atoms with Crippen molar-refractivity contribution in [1.29, 1.82) is 0 Å². The fraction of sp³-hybridized carbons (Fsp3) is 0.190. The van der Waals surface area contributed by atoms with Gasteiger partial charge in [-0.15, -0.1) is 0 Å². The summed E-state index contributed by atoms with van der Waals surface area (Å²) in [7, 11) is 0. The molecule has 0 bridgehead atoms. The predicted octanol–water partition coefficient (Wildman–Crippen LogP) is 3.76. The first-order valence-corrected chi connectivity index (χ1v) is 9.55. The van der Waals surface area contributed by atoms with Gasteiger partial charge in [-0.3, -0.25) is 9.78 Å². The summed E-state index contributed by atoms with van der Waals surface area (Å²) in [4.78, 5) is 25.1. The van der Waals surface area contributed by atoms with Gasteiger partial charge in [0.25, 0.3) is 5.91 Å². The molecule has 4 aromatic rings. The summed E-state index contributed by atoms with van der Waals surface area (Å²) >= 11 is 0. The fourth-order valence-corrected chi connectivity index (χ4v) is 3.21. The average Bonchev–Trinajstić information content (AvgIpc) is 3.48. The summed E-state index contributed by atoms with van der Waals surface area (Å²) < 4.78 is 40.8. The molecule has 0 atom stereocenters. The van der Waals surface area contributed by atoms with E-state index in [1.165, 1.54) is 29.0 Å². The molecule has 31 heavy (non-hydrogen) atoms. The van der Waals surface area contributed by atoms with E-state index in [0.717, 1.165) is 18.9 Å². The van der Waals surface area contributed by atoms with E-state index in [1.54, 1.807) is 24.4 Å². The first kappa shape index (κ1) is 19.2. The van der Waals surface area contributed by atoms with Crippen LogP contribution in [0.5, 0.6) is 0 Å². The zero-order valence-corrected chi connectivity index (χ0v) is 16.0. The van der Waals surface area contributed by atoms with Crippen LogP contribution in [0.15, 0.2) is 55.0 Å². The smallest absolute Gasteiger partial charge is 0.349 e. The largest absolute Gasteiger partial charge is 0.433 e. The first-order valence-electron chi connectivity index (χ1n) is 9.55. The number of alkyl halides is 3. The summed E-state index contributed by atoms with van der Waals surface area (Å²) in [5.41, 5.74) is 0.947. The molecule has 1 N–H and O–H groups in total. The molecule has 0 radical (unpaired) electrons. The van der Waals surface area contributed by atoms with Crippen LogP contribution in [0.4, 0.5) is 13.2 Å². The molecule has 0 aliphatic heterocycles. The highest BCUT2D eigenvalue weighted by atomic mass is 19.4. The molecule has 7 nitrogen and oxygen atoms in total. The van der Waals surface area contributed by atoms with Crippen LogP contribution >= 0.6 is 0 Å². The van der Waals surface area contributed by atoms with E-state index in [1.807, 2.05) is 0 Å². The van der Waals surface area contributed by atoms with Crippen molar-refractivity contribution in [2.24, 2.45) is 0 Å². The van der Waals surface area contributed by atoms with Crippen LogP contribution in [-0.4, -0.2) is 36.5 Å². The number of carbonyl (C=O) groups excluding carboxylic acids is 1. The first-order chi connectivity index (χ1) is 14.9. The van der Waals surface area contributed by atoms with E-state index in [4.69, 9.17) is 0 Å². The number of hydrogen-bond donors (Lipinski definition) is 1. The minimum Gasteiger partial charge on any atom is -0.349 e. The van der Waals surface area contributed by atoms with Crippen molar-refractivity contribution < 1.29 is 18.0 Å². The highest BCUT2D eigenvalue weighted by molar-refractivity contribution is 6.00. The maximum absolute atomic E-state index is 13.1. The Morgan fingerprint density at radius 1 is 1.06 bits per heavy atom. The zero-order valence-electron chi connectivity index (χ0n) is 16.0. The number of amides is 1. The van der Waals surface area contributed by atoms with E-state index in [9.17, 15) is 18.0 Å². The number of rotatable bonds is 4. The van der Waals surface area contributed by atoms with Gasteiger partial charge in [0.05, 0.1) is 23.3 Å². The predicted molar refractivity (Wildman–Crippen MR) is 105 cm³/mol. The number of carbonyl (C=O) groups is 1. The van der Waals surface area contributed by atoms with Crippen LogP contribution in [0.1, 0.15) is 28.9 Å².